The molecule has 2 aromatic heterocycles. The minimum Gasteiger partial charge on any atom is -0.383 e. The highest BCUT2D eigenvalue weighted by molar-refractivity contribution is 5.85. The number of aromatic amines is 1. The van der Waals surface area contributed by atoms with Crippen LogP contribution in [0, 0.1) is 13.8 Å². The maximum atomic E-state index is 13.2. The van der Waals surface area contributed by atoms with Crippen LogP contribution < -0.4 is 5.56 Å². The molecule has 1 aliphatic rings. The van der Waals surface area contributed by atoms with E-state index in [1.54, 1.807) is 11.8 Å². The highest BCUT2D eigenvalue weighted by Gasteiger charge is 2.31. The quantitative estimate of drug-likeness (QED) is 0.666. The van der Waals surface area contributed by atoms with Crippen LogP contribution in [0.15, 0.2) is 23.0 Å². The number of hydrogen-bond donors (Lipinski definition) is 1. The number of pyridine rings is 1. The van der Waals surface area contributed by atoms with E-state index in [1.165, 1.54) is 0 Å². The highest BCUT2D eigenvalue weighted by atomic mass is 16.5. The predicted molar refractivity (Wildman–Crippen MR) is 108 cm³/mol. The number of nitrogens with zero attached hydrogens (tertiary/aromatic N) is 5. The van der Waals surface area contributed by atoms with E-state index in [9.17, 15) is 4.79 Å². The number of methoxy groups -OCH3 is 1. The molecule has 4 rings (SSSR count). The van der Waals surface area contributed by atoms with Gasteiger partial charge in [-0.15, -0.1) is 5.10 Å². The van der Waals surface area contributed by atoms with Crippen molar-refractivity contribution < 1.29 is 9.47 Å². The van der Waals surface area contributed by atoms with Crippen molar-refractivity contribution in [2.75, 3.05) is 40.0 Å². The van der Waals surface area contributed by atoms with Gasteiger partial charge in [-0.25, -0.2) is 4.68 Å². The first-order valence-corrected chi connectivity index (χ1v) is 9.80. The molecule has 29 heavy (non-hydrogen) atoms. The van der Waals surface area contributed by atoms with Gasteiger partial charge in [0.15, 0.2) is 5.82 Å². The first-order valence-electron chi connectivity index (χ1n) is 9.80. The zero-order valence-corrected chi connectivity index (χ0v) is 17.0. The number of aryl methyl sites for hydroxylation is 2. The van der Waals surface area contributed by atoms with Crippen LogP contribution in [0.4, 0.5) is 0 Å². The van der Waals surface area contributed by atoms with Crippen molar-refractivity contribution in [3.8, 4) is 0 Å². The van der Waals surface area contributed by atoms with E-state index in [-0.39, 0.29) is 11.6 Å². The summed E-state index contributed by atoms with van der Waals surface area (Å²) in [6, 6.07) is 5.73. The summed E-state index contributed by atoms with van der Waals surface area (Å²) in [7, 11) is 1.64. The third kappa shape index (κ3) is 3.81. The average molecular weight is 398 g/mol. The van der Waals surface area contributed by atoms with Crippen molar-refractivity contribution in [2.45, 2.75) is 26.4 Å². The van der Waals surface area contributed by atoms with Crippen LogP contribution in [0.5, 0.6) is 0 Å². The third-order valence-electron chi connectivity index (χ3n) is 5.49. The van der Waals surface area contributed by atoms with Gasteiger partial charge in [-0.2, -0.15) is 0 Å². The van der Waals surface area contributed by atoms with Crippen LogP contribution in [0.1, 0.15) is 28.6 Å². The molecule has 1 fully saturated rings. The van der Waals surface area contributed by atoms with E-state index in [2.05, 4.69) is 38.4 Å². The maximum absolute atomic E-state index is 13.2. The van der Waals surface area contributed by atoms with E-state index in [1.807, 2.05) is 19.1 Å². The number of ether oxygens (including phenoxy) is 2. The van der Waals surface area contributed by atoms with Crippen molar-refractivity contribution in [1.82, 2.24) is 30.1 Å². The van der Waals surface area contributed by atoms with Crippen molar-refractivity contribution in [3.63, 3.8) is 0 Å². The molecule has 1 aliphatic heterocycles. The Kier molecular flexibility index (Phi) is 5.70. The molecule has 9 heteroatoms. The zero-order chi connectivity index (χ0) is 20.4. The number of aromatic nitrogens is 5. The molecule has 154 valence electrons. The molecule has 3 heterocycles. The van der Waals surface area contributed by atoms with Crippen molar-refractivity contribution in [1.29, 1.82) is 0 Å². The number of fused-ring (bicyclic) bond motifs is 1. The molecule has 1 atom stereocenters. The lowest BCUT2D eigenvalue weighted by Gasteiger charge is -2.33. The Morgan fingerprint density at radius 3 is 2.76 bits per heavy atom. The van der Waals surface area contributed by atoms with Gasteiger partial charge in [-0.05, 0) is 41.5 Å². The number of tetrazole rings is 1. The van der Waals surface area contributed by atoms with Crippen LogP contribution in [0.3, 0.4) is 0 Å². The Balaban J connectivity index is 1.88. The summed E-state index contributed by atoms with van der Waals surface area (Å²) >= 11 is 0. The fourth-order valence-corrected chi connectivity index (χ4v) is 3.87. The van der Waals surface area contributed by atoms with Gasteiger partial charge in [0.25, 0.3) is 5.56 Å². The molecule has 0 unspecified atom stereocenters. The van der Waals surface area contributed by atoms with E-state index < -0.39 is 0 Å². The number of H-pyrrole nitrogens is 1. The Labute approximate surface area is 168 Å². The normalized spacial score (nSPS) is 16.4. The SMILES string of the molecule is COCCn1nnnc1[C@H](c1cc2c(C)ccc(C)c2[nH]c1=O)N1CCOCC1. The van der Waals surface area contributed by atoms with Gasteiger partial charge in [0.2, 0.25) is 0 Å². The first-order chi connectivity index (χ1) is 14.1. The molecule has 9 nitrogen and oxygen atoms in total. The monoisotopic (exact) mass is 398 g/mol. The van der Waals surface area contributed by atoms with Crippen molar-refractivity contribution in [3.05, 3.63) is 51.1 Å². The number of rotatable bonds is 6. The van der Waals surface area contributed by atoms with E-state index in [0.29, 0.717) is 50.8 Å². The predicted octanol–water partition coefficient (Wildman–Crippen LogP) is 1.20. The molecular weight excluding hydrogens is 372 g/mol. The molecule has 3 aromatic rings. The van der Waals surface area contributed by atoms with Gasteiger partial charge in [0, 0.05) is 31.1 Å². The Hall–Kier alpha value is -2.62. The van der Waals surface area contributed by atoms with E-state index >= 15 is 0 Å². The summed E-state index contributed by atoms with van der Waals surface area (Å²) in [6.45, 7) is 7.68. The Bertz CT molecular complexity index is 1050. The van der Waals surface area contributed by atoms with Gasteiger partial charge in [0.1, 0.15) is 6.04 Å². The standard InChI is InChI=1S/C20H26N6O3/c1-13-4-5-14(2)17-15(13)12-16(20(27)21-17)18(25-6-10-29-11-7-25)19-22-23-24-26(19)8-9-28-3/h4-5,12,18H,6-11H2,1-3H3,(H,21,27)/t18-/m0/s1. The molecule has 0 saturated carbocycles. The van der Waals surface area contributed by atoms with E-state index in [0.717, 1.165) is 22.0 Å². The fraction of sp³-hybridized carbons (Fsp3) is 0.500. The zero-order valence-electron chi connectivity index (χ0n) is 17.0. The van der Waals surface area contributed by atoms with Gasteiger partial charge in [-0.1, -0.05) is 12.1 Å². The fourth-order valence-electron chi connectivity index (χ4n) is 3.87. The van der Waals surface area contributed by atoms with Crippen LogP contribution in [-0.2, 0) is 16.0 Å². The van der Waals surface area contributed by atoms with Gasteiger partial charge in [0.05, 0.1) is 31.9 Å². The van der Waals surface area contributed by atoms with Crippen molar-refractivity contribution >= 4 is 10.9 Å². The lowest BCUT2D eigenvalue weighted by Crippen LogP contribution is -2.42. The maximum Gasteiger partial charge on any atom is 0.253 e. The summed E-state index contributed by atoms with van der Waals surface area (Å²) in [5.41, 5.74) is 3.55. The molecular formula is C20H26N6O3. The van der Waals surface area contributed by atoms with Gasteiger partial charge in [-0.3, -0.25) is 9.69 Å². The molecule has 1 aromatic carbocycles. The second kappa shape index (κ2) is 8.40. The van der Waals surface area contributed by atoms with Crippen LogP contribution in [0.25, 0.3) is 10.9 Å². The lowest BCUT2D eigenvalue weighted by atomic mass is 9.99. The minimum atomic E-state index is -0.362. The molecule has 1 saturated heterocycles. The second-order valence-electron chi connectivity index (χ2n) is 7.35. The van der Waals surface area contributed by atoms with Crippen LogP contribution >= 0.6 is 0 Å². The highest BCUT2D eigenvalue weighted by Crippen LogP contribution is 2.29. The summed E-state index contributed by atoms with van der Waals surface area (Å²) in [6.07, 6.45) is 0. The first kappa shape index (κ1) is 19.7. The molecule has 0 radical (unpaired) electrons. The summed E-state index contributed by atoms with van der Waals surface area (Å²) in [5.74, 6) is 0.638. The van der Waals surface area contributed by atoms with Gasteiger partial charge >= 0.3 is 0 Å². The molecule has 0 spiro atoms. The lowest BCUT2D eigenvalue weighted by molar-refractivity contribution is 0.0211. The molecule has 0 aliphatic carbocycles. The average Bonchev–Trinajstić information content (AvgIpc) is 3.19. The smallest absolute Gasteiger partial charge is 0.253 e. The minimum absolute atomic E-state index is 0.121. The molecule has 0 bridgehead atoms. The summed E-state index contributed by atoms with van der Waals surface area (Å²) in [4.78, 5) is 18.5. The van der Waals surface area contributed by atoms with Crippen LogP contribution in [-0.4, -0.2) is 70.1 Å². The molecule has 0 amide bonds. The van der Waals surface area contributed by atoms with Crippen molar-refractivity contribution in [2.24, 2.45) is 0 Å². The number of benzene rings is 1. The largest absolute Gasteiger partial charge is 0.383 e. The topological polar surface area (TPSA) is 98.2 Å². The number of hydrogen-bond acceptors (Lipinski definition) is 7. The Morgan fingerprint density at radius 2 is 2.00 bits per heavy atom. The van der Waals surface area contributed by atoms with E-state index in [4.69, 9.17) is 9.47 Å². The third-order valence-corrected chi connectivity index (χ3v) is 5.49. The molecule has 1 N–H and O–H groups in total. The summed E-state index contributed by atoms with van der Waals surface area (Å²) in [5, 5.41) is 13.3. The van der Waals surface area contributed by atoms with Gasteiger partial charge < -0.3 is 14.5 Å². The Morgan fingerprint density at radius 1 is 1.24 bits per heavy atom. The number of nitrogens with one attached hydrogen (secondary N) is 1. The summed E-state index contributed by atoms with van der Waals surface area (Å²) < 4.78 is 12.4. The van der Waals surface area contributed by atoms with Crippen LogP contribution in [0.2, 0.25) is 0 Å². The second-order valence-corrected chi connectivity index (χ2v) is 7.35. The number of morpholine rings is 1.